The van der Waals surface area contributed by atoms with Gasteiger partial charge in [-0.15, -0.1) is 0 Å². The zero-order valence-corrected chi connectivity index (χ0v) is 10.7. The Morgan fingerprint density at radius 1 is 1.24 bits per heavy atom. The average molecular weight is 228 g/mol. The second-order valence-corrected chi connectivity index (χ2v) is 4.39. The first-order valence-electron chi connectivity index (χ1n) is 5.58. The van der Waals surface area contributed by atoms with Crippen LogP contribution in [-0.2, 0) is 0 Å². The molecule has 2 heteroatoms. The van der Waals surface area contributed by atoms with Gasteiger partial charge in [0.25, 0.3) is 0 Å². The van der Waals surface area contributed by atoms with Crippen LogP contribution in [-0.4, -0.2) is 0 Å². The van der Waals surface area contributed by atoms with Gasteiger partial charge in [-0.2, -0.15) is 0 Å². The quantitative estimate of drug-likeness (QED) is 0.615. The number of aryl methyl sites for hydroxylation is 1. The summed E-state index contributed by atoms with van der Waals surface area (Å²) in [5.41, 5.74) is 17.3. The van der Waals surface area contributed by atoms with E-state index in [1.807, 2.05) is 51.1 Å². The van der Waals surface area contributed by atoms with Gasteiger partial charge < -0.3 is 11.5 Å². The Labute approximate surface area is 103 Å². The van der Waals surface area contributed by atoms with E-state index in [0.717, 1.165) is 33.7 Å². The maximum atomic E-state index is 5.83. The highest BCUT2D eigenvalue weighted by atomic mass is 14.6. The van der Waals surface area contributed by atoms with Crippen molar-refractivity contribution in [1.29, 1.82) is 0 Å². The number of benzene rings is 1. The first-order valence-corrected chi connectivity index (χ1v) is 5.58. The van der Waals surface area contributed by atoms with Crippen LogP contribution in [0.1, 0.15) is 25.0 Å². The molecule has 1 rings (SSSR count). The van der Waals surface area contributed by atoms with Crippen molar-refractivity contribution in [3.63, 3.8) is 0 Å². The van der Waals surface area contributed by atoms with Gasteiger partial charge in [-0.05, 0) is 55.7 Å². The molecule has 0 aliphatic rings. The van der Waals surface area contributed by atoms with E-state index in [1.165, 1.54) is 0 Å². The van der Waals surface area contributed by atoms with E-state index >= 15 is 0 Å². The summed E-state index contributed by atoms with van der Waals surface area (Å²) < 4.78 is 0. The minimum absolute atomic E-state index is 0.776. The summed E-state index contributed by atoms with van der Waals surface area (Å²) >= 11 is 0. The third-order valence-corrected chi connectivity index (χ3v) is 2.68. The Morgan fingerprint density at radius 2 is 1.88 bits per heavy atom. The zero-order chi connectivity index (χ0) is 13.0. The number of hydrogen-bond donors (Lipinski definition) is 2. The van der Waals surface area contributed by atoms with E-state index in [1.54, 1.807) is 0 Å². The molecule has 0 aromatic heterocycles. The molecular formula is C15H20N2. The summed E-state index contributed by atoms with van der Waals surface area (Å²) in [6.07, 6.45) is 3.80. The lowest BCUT2D eigenvalue weighted by atomic mass is 10.0. The lowest BCUT2D eigenvalue weighted by molar-refractivity contribution is 1.26. The normalized spacial score (nSPS) is 10.5. The van der Waals surface area contributed by atoms with Crippen LogP contribution in [0.5, 0.6) is 0 Å². The first-order chi connectivity index (χ1) is 7.91. The Hall–Kier alpha value is -1.96. The number of nitrogens with two attached hydrogens (primary N) is 2. The van der Waals surface area contributed by atoms with Crippen molar-refractivity contribution in [2.75, 3.05) is 5.73 Å². The highest BCUT2D eigenvalue weighted by Crippen LogP contribution is 2.19. The molecule has 0 aliphatic heterocycles. The maximum absolute atomic E-state index is 5.83. The van der Waals surface area contributed by atoms with E-state index in [9.17, 15) is 0 Å². The SMILES string of the molecule is C=C(/C=C\C(N)=C(C)C)c1ccc(N)c(C)c1. The predicted octanol–water partition coefficient (Wildman–Crippen LogP) is 3.40. The fraction of sp³-hybridized carbons (Fsp3) is 0.200. The van der Waals surface area contributed by atoms with Crippen LogP contribution in [0.4, 0.5) is 5.69 Å². The molecule has 0 heterocycles. The summed E-state index contributed by atoms with van der Waals surface area (Å²) in [5, 5.41) is 0. The van der Waals surface area contributed by atoms with E-state index in [4.69, 9.17) is 11.5 Å². The predicted molar refractivity (Wildman–Crippen MR) is 76.3 cm³/mol. The Morgan fingerprint density at radius 3 is 2.41 bits per heavy atom. The minimum Gasteiger partial charge on any atom is -0.399 e. The molecule has 0 radical (unpaired) electrons. The molecule has 0 saturated carbocycles. The van der Waals surface area contributed by atoms with Crippen LogP contribution in [0.2, 0.25) is 0 Å². The van der Waals surface area contributed by atoms with E-state index in [2.05, 4.69) is 6.58 Å². The molecule has 0 unspecified atom stereocenters. The number of anilines is 1. The minimum atomic E-state index is 0.776. The van der Waals surface area contributed by atoms with Crippen molar-refractivity contribution in [3.05, 3.63) is 59.3 Å². The van der Waals surface area contributed by atoms with Gasteiger partial charge in [0.15, 0.2) is 0 Å². The highest BCUT2D eigenvalue weighted by molar-refractivity contribution is 5.74. The molecule has 1 aromatic carbocycles. The fourth-order valence-electron chi connectivity index (χ4n) is 1.33. The van der Waals surface area contributed by atoms with Crippen LogP contribution in [0, 0.1) is 6.92 Å². The molecule has 0 fully saturated rings. The lowest BCUT2D eigenvalue weighted by Gasteiger charge is -2.05. The summed E-state index contributed by atoms with van der Waals surface area (Å²) in [6, 6.07) is 5.89. The van der Waals surface area contributed by atoms with Gasteiger partial charge in [-0.3, -0.25) is 0 Å². The van der Waals surface area contributed by atoms with Gasteiger partial charge in [0.05, 0.1) is 0 Å². The average Bonchev–Trinajstić information content (AvgIpc) is 2.28. The number of allylic oxidation sites excluding steroid dienone is 4. The first kappa shape index (κ1) is 13.1. The van der Waals surface area contributed by atoms with Crippen molar-refractivity contribution < 1.29 is 0 Å². The molecule has 90 valence electrons. The zero-order valence-electron chi connectivity index (χ0n) is 10.7. The molecule has 2 nitrogen and oxygen atoms in total. The molecule has 0 bridgehead atoms. The highest BCUT2D eigenvalue weighted by Gasteiger charge is 1.98. The standard InChI is InChI=1S/C15H20N2/c1-10(2)14(16)7-5-11(3)13-6-8-15(17)12(4)9-13/h5-9H,3,16-17H2,1-2,4H3/b7-5-. The van der Waals surface area contributed by atoms with Crippen molar-refractivity contribution in [1.82, 2.24) is 0 Å². The molecule has 0 saturated heterocycles. The fourth-order valence-corrected chi connectivity index (χ4v) is 1.33. The summed E-state index contributed by atoms with van der Waals surface area (Å²) in [7, 11) is 0. The van der Waals surface area contributed by atoms with Crippen LogP contribution in [0.15, 0.2) is 48.2 Å². The van der Waals surface area contributed by atoms with Gasteiger partial charge in [-0.25, -0.2) is 0 Å². The largest absolute Gasteiger partial charge is 0.399 e. The number of hydrogen-bond acceptors (Lipinski definition) is 2. The second kappa shape index (κ2) is 5.39. The number of rotatable bonds is 3. The Kier molecular flexibility index (Phi) is 4.16. The summed E-state index contributed by atoms with van der Waals surface area (Å²) in [4.78, 5) is 0. The summed E-state index contributed by atoms with van der Waals surface area (Å²) in [6.45, 7) is 9.97. The summed E-state index contributed by atoms with van der Waals surface area (Å²) in [5.74, 6) is 0. The third kappa shape index (κ3) is 3.52. The van der Waals surface area contributed by atoms with Gasteiger partial charge in [0.1, 0.15) is 0 Å². The molecule has 0 aliphatic carbocycles. The Bertz CT molecular complexity index is 490. The molecule has 17 heavy (non-hydrogen) atoms. The van der Waals surface area contributed by atoms with Gasteiger partial charge >= 0.3 is 0 Å². The van der Waals surface area contributed by atoms with Crippen LogP contribution >= 0.6 is 0 Å². The third-order valence-electron chi connectivity index (χ3n) is 2.68. The van der Waals surface area contributed by atoms with Crippen LogP contribution in [0.25, 0.3) is 5.57 Å². The molecule has 0 atom stereocenters. The van der Waals surface area contributed by atoms with Gasteiger partial charge in [-0.1, -0.05) is 24.3 Å². The van der Waals surface area contributed by atoms with Gasteiger partial charge in [0.2, 0.25) is 0 Å². The van der Waals surface area contributed by atoms with Crippen molar-refractivity contribution in [3.8, 4) is 0 Å². The van der Waals surface area contributed by atoms with E-state index in [-0.39, 0.29) is 0 Å². The van der Waals surface area contributed by atoms with Gasteiger partial charge in [0, 0.05) is 11.4 Å². The van der Waals surface area contributed by atoms with E-state index in [0.29, 0.717) is 0 Å². The maximum Gasteiger partial charge on any atom is 0.0344 e. The molecule has 1 aromatic rings. The molecular weight excluding hydrogens is 208 g/mol. The smallest absolute Gasteiger partial charge is 0.0344 e. The monoisotopic (exact) mass is 228 g/mol. The molecule has 0 spiro atoms. The number of nitrogen functional groups attached to an aromatic ring is 1. The van der Waals surface area contributed by atoms with E-state index < -0.39 is 0 Å². The Balaban J connectivity index is 2.91. The molecule has 4 N–H and O–H groups in total. The van der Waals surface area contributed by atoms with Crippen molar-refractivity contribution in [2.45, 2.75) is 20.8 Å². The second-order valence-electron chi connectivity index (χ2n) is 4.39. The van der Waals surface area contributed by atoms with Crippen molar-refractivity contribution >= 4 is 11.3 Å². The lowest BCUT2D eigenvalue weighted by Crippen LogP contribution is -1.95. The molecule has 0 amide bonds. The van der Waals surface area contributed by atoms with Crippen LogP contribution < -0.4 is 11.5 Å². The topological polar surface area (TPSA) is 52.0 Å². The van der Waals surface area contributed by atoms with Crippen molar-refractivity contribution in [2.24, 2.45) is 5.73 Å². The van der Waals surface area contributed by atoms with Crippen LogP contribution in [0.3, 0.4) is 0 Å².